The molecule has 0 spiro atoms. The molecule has 15 heavy (non-hydrogen) atoms. The van der Waals surface area contributed by atoms with Crippen molar-refractivity contribution in [1.29, 1.82) is 0 Å². The Labute approximate surface area is 92.4 Å². The number of likely N-dealkylation sites (N-methyl/N-ethyl adjacent to an activating group) is 1. The van der Waals surface area contributed by atoms with Crippen LogP contribution in [0.2, 0.25) is 0 Å². The number of hydrogen-bond acceptors (Lipinski definition) is 2. The number of hydrogen-bond donors (Lipinski definition) is 1. The Morgan fingerprint density at radius 3 is 2.80 bits per heavy atom. The molecule has 0 fully saturated rings. The van der Waals surface area contributed by atoms with Gasteiger partial charge >= 0.3 is 0 Å². The molecule has 82 valence electrons. The van der Waals surface area contributed by atoms with Gasteiger partial charge in [-0.15, -0.1) is 0 Å². The van der Waals surface area contributed by atoms with Crippen molar-refractivity contribution in [2.24, 2.45) is 0 Å². The number of aryl methyl sites for hydroxylation is 1. The number of pyridine rings is 1. The molecule has 0 aliphatic heterocycles. The molecule has 2 nitrogen and oxygen atoms in total. The predicted octanol–water partition coefficient (Wildman–Crippen LogP) is 3.01. The van der Waals surface area contributed by atoms with Gasteiger partial charge in [0.25, 0.3) is 0 Å². The summed E-state index contributed by atoms with van der Waals surface area (Å²) in [5, 5.41) is 3.42. The van der Waals surface area contributed by atoms with Crippen LogP contribution in [0.4, 0.5) is 0 Å². The molecule has 0 saturated heterocycles. The van der Waals surface area contributed by atoms with Crippen LogP contribution in [-0.2, 0) is 0 Å². The molecule has 1 atom stereocenters. The van der Waals surface area contributed by atoms with Crippen molar-refractivity contribution in [3.05, 3.63) is 41.2 Å². The molecule has 1 N–H and O–H groups in total. The van der Waals surface area contributed by atoms with Gasteiger partial charge < -0.3 is 5.32 Å². The number of aromatic nitrogens is 1. The lowest BCUT2D eigenvalue weighted by Crippen LogP contribution is -2.20. The molecule has 0 aliphatic carbocycles. The quantitative estimate of drug-likeness (QED) is 0.763. The molecule has 0 amide bonds. The van der Waals surface area contributed by atoms with E-state index in [1.807, 2.05) is 12.3 Å². The van der Waals surface area contributed by atoms with Crippen molar-refractivity contribution in [1.82, 2.24) is 10.3 Å². The maximum absolute atomic E-state index is 4.40. The van der Waals surface area contributed by atoms with Crippen molar-refractivity contribution in [2.45, 2.75) is 33.7 Å². The third-order valence-corrected chi connectivity index (χ3v) is 2.18. The summed E-state index contributed by atoms with van der Waals surface area (Å²) in [4.78, 5) is 4.40. The van der Waals surface area contributed by atoms with E-state index in [4.69, 9.17) is 0 Å². The zero-order valence-electron chi connectivity index (χ0n) is 10.0. The van der Waals surface area contributed by atoms with Crippen molar-refractivity contribution in [3.8, 4) is 0 Å². The van der Waals surface area contributed by atoms with Gasteiger partial charge in [0.05, 0.1) is 11.7 Å². The summed E-state index contributed by atoms with van der Waals surface area (Å²) in [6.45, 7) is 9.38. The molecule has 1 aromatic rings. The SMILES string of the molecule is CCNC(C=C(C)C)c1cc(C)ccn1. The predicted molar refractivity (Wildman–Crippen MR) is 64.8 cm³/mol. The first-order valence-corrected chi connectivity index (χ1v) is 5.44. The van der Waals surface area contributed by atoms with Crippen molar-refractivity contribution in [2.75, 3.05) is 6.54 Å². The van der Waals surface area contributed by atoms with Gasteiger partial charge in [-0.05, 0) is 45.0 Å². The summed E-state index contributed by atoms with van der Waals surface area (Å²) in [5.41, 5.74) is 3.66. The lowest BCUT2D eigenvalue weighted by Gasteiger charge is -2.14. The van der Waals surface area contributed by atoms with E-state index in [2.05, 4.69) is 50.1 Å². The number of rotatable bonds is 4. The summed E-state index contributed by atoms with van der Waals surface area (Å²) in [6, 6.07) is 4.39. The number of nitrogens with zero attached hydrogens (tertiary/aromatic N) is 1. The van der Waals surface area contributed by atoms with Gasteiger partial charge in [-0.2, -0.15) is 0 Å². The maximum atomic E-state index is 4.40. The largest absolute Gasteiger partial charge is 0.306 e. The zero-order chi connectivity index (χ0) is 11.3. The fourth-order valence-corrected chi connectivity index (χ4v) is 1.53. The van der Waals surface area contributed by atoms with E-state index in [1.165, 1.54) is 11.1 Å². The van der Waals surface area contributed by atoms with E-state index in [0.29, 0.717) is 0 Å². The van der Waals surface area contributed by atoms with Crippen LogP contribution < -0.4 is 5.32 Å². The summed E-state index contributed by atoms with van der Waals surface area (Å²) in [5.74, 6) is 0. The lowest BCUT2D eigenvalue weighted by molar-refractivity contribution is 0.629. The Morgan fingerprint density at radius 2 is 2.27 bits per heavy atom. The first kappa shape index (κ1) is 11.9. The van der Waals surface area contributed by atoms with E-state index in [1.54, 1.807) is 0 Å². The molecular formula is C13H20N2. The van der Waals surface area contributed by atoms with Gasteiger partial charge in [-0.1, -0.05) is 18.6 Å². The normalized spacial score (nSPS) is 12.3. The molecule has 0 aliphatic rings. The minimum atomic E-state index is 0.236. The standard InChI is InChI=1S/C13H20N2/c1-5-14-12(8-10(2)3)13-9-11(4)6-7-15-13/h6-9,12,14H,5H2,1-4H3. The Hall–Kier alpha value is -1.15. The highest BCUT2D eigenvalue weighted by molar-refractivity contribution is 5.21. The molecule has 2 heteroatoms. The van der Waals surface area contributed by atoms with Crippen LogP contribution in [-0.4, -0.2) is 11.5 Å². The van der Waals surface area contributed by atoms with Crippen LogP contribution in [0.1, 0.15) is 38.1 Å². The molecule has 1 heterocycles. The number of nitrogens with one attached hydrogen (secondary N) is 1. The first-order valence-electron chi connectivity index (χ1n) is 5.44. The Kier molecular flexibility index (Phi) is 4.50. The highest BCUT2D eigenvalue weighted by Crippen LogP contribution is 2.14. The van der Waals surface area contributed by atoms with Crippen molar-refractivity contribution < 1.29 is 0 Å². The Bertz CT molecular complexity index is 338. The lowest BCUT2D eigenvalue weighted by atomic mass is 10.1. The van der Waals surface area contributed by atoms with Gasteiger partial charge in [0, 0.05) is 6.20 Å². The fourth-order valence-electron chi connectivity index (χ4n) is 1.53. The second-order valence-corrected chi connectivity index (χ2v) is 4.04. The average molecular weight is 204 g/mol. The molecular weight excluding hydrogens is 184 g/mol. The van der Waals surface area contributed by atoms with E-state index < -0.39 is 0 Å². The smallest absolute Gasteiger partial charge is 0.0683 e. The minimum absolute atomic E-state index is 0.236. The summed E-state index contributed by atoms with van der Waals surface area (Å²) < 4.78 is 0. The summed E-state index contributed by atoms with van der Waals surface area (Å²) in [7, 11) is 0. The Morgan fingerprint density at radius 1 is 1.53 bits per heavy atom. The third kappa shape index (κ3) is 3.84. The van der Waals surface area contributed by atoms with E-state index in [0.717, 1.165) is 12.2 Å². The fraction of sp³-hybridized carbons (Fsp3) is 0.462. The molecule has 1 unspecified atom stereocenters. The maximum Gasteiger partial charge on any atom is 0.0683 e. The van der Waals surface area contributed by atoms with Gasteiger partial charge in [0.2, 0.25) is 0 Å². The second-order valence-electron chi connectivity index (χ2n) is 4.04. The van der Waals surface area contributed by atoms with Crippen LogP contribution in [0.25, 0.3) is 0 Å². The minimum Gasteiger partial charge on any atom is -0.306 e. The molecule has 0 aromatic carbocycles. The topological polar surface area (TPSA) is 24.9 Å². The highest BCUT2D eigenvalue weighted by atomic mass is 14.9. The van der Waals surface area contributed by atoms with Crippen LogP contribution in [0, 0.1) is 6.92 Å². The second kappa shape index (κ2) is 5.66. The van der Waals surface area contributed by atoms with Crippen LogP contribution in [0.5, 0.6) is 0 Å². The van der Waals surface area contributed by atoms with Crippen LogP contribution >= 0.6 is 0 Å². The van der Waals surface area contributed by atoms with E-state index in [9.17, 15) is 0 Å². The monoisotopic (exact) mass is 204 g/mol. The molecule has 0 bridgehead atoms. The van der Waals surface area contributed by atoms with Crippen molar-refractivity contribution in [3.63, 3.8) is 0 Å². The molecule has 1 rings (SSSR count). The van der Waals surface area contributed by atoms with Crippen LogP contribution in [0.15, 0.2) is 30.0 Å². The summed E-state index contributed by atoms with van der Waals surface area (Å²) >= 11 is 0. The first-order chi connectivity index (χ1) is 7.13. The third-order valence-electron chi connectivity index (χ3n) is 2.18. The van der Waals surface area contributed by atoms with Crippen LogP contribution in [0.3, 0.4) is 0 Å². The zero-order valence-corrected chi connectivity index (χ0v) is 10.0. The van der Waals surface area contributed by atoms with E-state index >= 15 is 0 Å². The van der Waals surface area contributed by atoms with E-state index in [-0.39, 0.29) is 6.04 Å². The van der Waals surface area contributed by atoms with Gasteiger partial charge in [0.15, 0.2) is 0 Å². The molecule has 0 saturated carbocycles. The van der Waals surface area contributed by atoms with Gasteiger partial charge in [0.1, 0.15) is 0 Å². The van der Waals surface area contributed by atoms with Gasteiger partial charge in [-0.3, -0.25) is 4.98 Å². The average Bonchev–Trinajstić information content (AvgIpc) is 2.16. The van der Waals surface area contributed by atoms with Gasteiger partial charge in [-0.25, -0.2) is 0 Å². The highest BCUT2D eigenvalue weighted by Gasteiger charge is 2.07. The number of allylic oxidation sites excluding steroid dienone is 1. The molecule has 0 radical (unpaired) electrons. The summed E-state index contributed by atoms with van der Waals surface area (Å²) in [6.07, 6.45) is 4.08. The molecule has 1 aromatic heterocycles. The van der Waals surface area contributed by atoms with Crippen molar-refractivity contribution >= 4 is 0 Å². The Balaban J connectivity index is 2.93.